The van der Waals surface area contributed by atoms with Crippen LogP contribution in [0.4, 0.5) is 23.7 Å². The van der Waals surface area contributed by atoms with Crippen LogP contribution in [-0.2, 0) is 27.3 Å². The van der Waals surface area contributed by atoms with Gasteiger partial charge in [-0.05, 0) is 37.1 Å². The lowest BCUT2D eigenvalue weighted by Gasteiger charge is -2.19. The van der Waals surface area contributed by atoms with Crippen molar-refractivity contribution < 1.29 is 32.3 Å². The van der Waals surface area contributed by atoms with Crippen molar-refractivity contribution in [2.24, 2.45) is 0 Å². The molecular formula is C27H32F3N7O5. The summed E-state index contributed by atoms with van der Waals surface area (Å²) >= 11 is 0. The molecule has 15 heteroatoms. The Morgan fingerprint density at radius 2 is 1.90 bits per heavy atom. The van der Waals surface area contributed by atoms with Gasteiger partial charge in [-0.2, -0.15) is 13.2 Å². The number of halogens is 3. The summed E-state index contributed by atoms with van der Waals surface area (Å²) in [5, 5.41) is 2.51. The number of carbonyl (C=O) groups excluding carboxylic acids is 3. The molecule has 2 N–H and O–H groups in total. The summed E-state index contributed by atoms with van der Waals surface area (Å²) in [5.74, 6) is -0.978. The second-order valence-corrected chi connectivity index (χ2v) is 9.81. The largest absolute Gasteiger partial charge is 0.436 e. The number of anilines is 1. The van der Waals surface area contributed by atoms with Crippen molar-refractivity contribution >= 4 is 34.6 Å². The van der Waals surface area contributed by atoms with E-state index < -0.39 is 36.3 Å². The molecule has 0 aliphatic carbocycles. The Hall–Kier alpha value is -4.69. The van der Waals surface area contributed by atoms with E-state index >= 15 is 0 Å². The molecule has 0 fully saturated rings. The fraction of sp³-hybridized carbons (Fsp3) is 0.407. The molecule has 0 bridgehead atoms. The molecule has 226 valence electrons. The number of alkyl halides is 3. The average molecular weight is 592 g/mol. The second-order valence-electron chi connectivity index (χ2n) is 9.81. The zero-order valence-electron chi connectivity index (χ0n) is 23.6. The van der Waals surface area contributed by atoms with E-state index in [1.165, 1.54) is 54.3 Å². The zero-order valence-corrected chi connectivity index (χ0v) is 23.6. The second kappa shape index (κ2) is 13.8. The highest BCUT2D eigenvalue weighted by atomic mass is 19.4. The molecule has 0 aromatic carbocycles. The van der Waals surface area contributed by atoms with E-state index in [1.807, 2.05) is 0 Å². The summed E-state index contributed by atoms with van der Waals surface area (Å²) in [6.45, 7) is 0.00135. The Balaban J connectivity index is 1.76. The summed E-state index contributed by atoms with van der Waals surface area (Å²) in [7, 11) is 6.10. The molecule has 0 aliphatic heterocycles. The van der Waals surface area contributed by atoms with Gasteiger partial charge in [0.2, 0.25) is 5.91 Å². The number of hydrogen-bond acceptors (Lipinski definition) is 7. The predicted molar refractivity (Wildman–Crippen MR) is 148 cm³/mol. The van der Waals surface area contributed by atoms with Gasteiger partial charge in [-0.3, -0.25) is 14.4 Å². The quantitative estimate of drug-likeness (QED) is 0.326. The number of likely N-dealkylation sites (N-methyl/N-ethyl adjacent to an activating group) is 1. The third-order valence-corrected chi connectivity index (χ3v) is 6.01. The number of rotatable bonds is 11. The smallest absolute Gasteiger partial charge is 0.410 e. The highest BCUT2D eigenvalue weighted by Crippen LogP contribution is 2.24. The van der Waals surface area contributed by atoms with Gasteiger partial charge in [0.1, 0.15) is 12.0 Å². The SMILES string of the molecule is CN(C)C(=O)C=CCCC(OC(=O)N(C)C)C(=O)Nc1cccn(Cc2cc3ncnc(CCC(F)(F)F)c3[nH]2)c1=O. The number of aryl methyl sites for hydroxylation is 1. The number of ether oxygens (including phenoxy) is 1. The van der Waals surface area contributed by atoms with Gasteiger partial charge < -0.3 is 29.4 Å². The first-order valence-electron chi connectivity index (χ1n) is 12.9. The van der Waals surface area contributed by atoms with E-state index in [-0.39, 0.29) is 43.1 Å². The average Bonchev–Trinajstić information content (AvgIpc) is 3.33. The molecule has 0 spiro atoms. The van der Waals surface area contributed by atoms with Crippen molar-refractivity contribution in [2.45, 2.75) is 44.5 Å². The van der Waals surface area contributed by atoms with Crippen LogP contribution in [0.25, 0.3) is 11.0 Å². The molecule has 12 nitrogen and oxygen atoms in total. The molecule has 42 heavy (non-hydrogen) atoms. The Morgan fingerprint density at radius 1 is 1.17 bits per heavy atom. The van der Waals surface area contributed by atoms with Crippen LogP contribution < -0.4 is 10.9 Å². The first-order chi connectivity index (χ1) is 19.7. The normalized spacial score (nSPS) is 12.4. The van der Waals surface area contributed by atoms with Crippen LogP contribution in [0.5, 0.6) is 0 Å². The van der Waals surface area contributed by atoms with Crippen LogP contribution in [0.15, 0.2) is 47.7 Å². The minimum absolute atomic E-state index is 0.00135. The highest BCUT2D eigenvalue weighted by Gasteiger charge is 2.28. The lowest BCUT2D eigenvalue weighted by molar-refractivity contribution is -0.134. The van der Waals surface area contributed by atoms with Gasteiger partial charge in [0.05, 0.1) is 23.3 Å². The molecule has 3 aromatic heterocycles. The van der Waals surface area contributed by atoms with Crippen molar-refractivity contribution in [3.63, 3.8) is 0 Å². The van der Waals surface area contributed by atoms with Gasteiger partial charge in [-0.15, -0.1) is 0 Å². The number of nitrogens with one attached hydrogen (secondary N) is 2. The van der Waals surface area contributed by atoms with Crippen molar-refractivity contribution in [1.29, 1.82) is 0 Å². The van der Waals surface area contributed by atoms with Crippen LogP contribution in [0.2, 0.25) is 0 Å². The molecule has 1 unspecified atom stereocenters. The summed E-state index contributed by atoms with van der Waals surface area (Å²) < 4.78 is 44.8. The van der Waals surface area contributed by atoms with Crippen LogP contribution >= 0.6 is 0 Å². The number of aromatic nitrogens is 4. The van der Waals surface area contributed by atoms with E-state index in [0.717, 1.165) is 4.90 Å². The summed E-state index contributed by atoms with van der Waals surface area (Å²) in [6, 6.07) is 4.53. The molecule has 0 aliphatic rings. The van der Waals surface area contributed by atoms with E-state index in [1.54, 1.807) is 26.2 Å². The molecule has 3 heterocycles. The van der Waals surface area contributed by atoms with Gasteiger partial charge in [0.15, 0.2) is 6.10 Å². The predicted octanol–water partition coefficient (Wildman–Crippen LogP) is 3.09. The van der Waals surface area contributed by atoms with Crippen molar-refractivity contribution in [1.82, 2.24) is 29.3 Å². The molecule has 3 aromatic rings. The number of carbonyl (C=O) groups is 3. The Kier molecular flexibility index (Phi) is 10.4. The van der Waals surface area contributed by atoms with Gasteiger partial charge in [-0.25, -0.2) is 14.8 Å². The molecule has 0 saturated carbocycles. The van der Waals surface area contributed by atoms with Crippen molar-refractivity contribution in [2.75, 3.05) is 33.5 Å². The van der Waals surface area contributed by atoms with Crippen molar-refractivity contribution in [3.05, 3.63) is 64.6 Å². The van der Waals surface area contributed by atoms with Crippen LogP contribution in [0, 0.1) is 0 Å². The standard InChI is InChI=1S/C27H32F3N7O5/c1-35(2)22(38)10-6-5-9-21(42-26(41)36(3)4)24(39)34-19-8-7-13-37(25(19)40)15-17-14-20-23(33-17)18(31-16-32-20)11-12-27(28,29)30/h6-8,10,13-14,16,21,33H,5,9,11-12,15H2,1-4H3,(H,34,39). The van der Waals surface area contributed by atoms with E-state index in [0.29, 0.717) is 16.7 Å². The number of aromatic amines is 1. The molecular weight excluding hydrogens is 559 g/mol. The summed E-state index contributed by atoms with van der Waals surface area (Å²) in [6.07, 6.45) is -1.86. The number of amides is 3. The Bertz CT molecular complexity index is 1510. The molecule has 0 radical (unpaired) electrons. The van der Waals surface area contributed by atoms with Gasteiger partial charge in [0, 0.05) is 52.9 Å². The minimum atomic E-state index is -4.34. The molecule has 3 rings (SSSR count). The highest BCUT2D eigenvalue weighted by molar-refractivity contribution is 5.95. The fourth-order valence-corrected chi connectivity index (χ4v) is 3.78. The van der Waals surface area contributed by atoms with Gasteiger partial charge >= 0.3 is 12.3 Å². The monoisotopic (exact) mass is 591 g/mol. The number of pyridine rings is 1. The van der Waals surface area contributed by atoms with Crippen LogP contribution in [-0.4, -0.2) is 87.7 Å². The number of nitrogens with zero attached hydrogens (tertiary/aromatic N) is 5. The van der Waals surface area contributed by atoms with E-state index in [2.05, 4.69) is 20.3 Å². The Morgan fingerprint density at radius 3 is 2.57 bits per heavy atom. The van der Waals surface area contributed by atoms with Crippen molar-refractivity contribution in [3.8, 4) is 0 Å². The first-order valence-corrected chi connectivity index (χ1v) is 12.9. The number of fused-ring (bicyclic) bond motifs is 1. The minimum Gasteiger partial charge on any atom is -0.436 e. The molecule has 3 amide bonds. The van der Waals surface area contributed by atoms with E-state index in [9.17, 15) is 32.3 Å². The maximum atomic E-state index is 13.2. The van der Waals surface area contributed by atoms with E-state index in [4.69, 9.17) is 4.74 Å². The number of hydrogen-bond donors (Lipinski definition) is 2. The number of H-pyrrole nitrogens is 1. The van der Waals surface area contributed by atoms with Gasteiger partial charge in [-0.1, -0.05) is 6.08 Å². The first kappa shape index (κ1) is 31.8. The maximum Gasteiger partial charge on any atom is 0.410 e. The zero-order chi connectivity index (χ0) is 31.0. The third kappa shape index (κ3) is 8.91. The Labute approximate surface area is 239 Å². The summed E-state index contributed by atoms with van der Waals surface area (Å²) in [4.78, 5) is 63.7. The number of allylic oxidation sites excluding steroid dienone is 1. The van der Waals surface area contributed by atoms with Crippen LogP contribution in [0.3, 0.4) is 0 Å². The summed E-state index contributed by atoms with van der Waals surface area (Å²) in [5.41, 5.74) is 0.801. The molecule has 1 atom stereocenters. The molecule has 0 saturated heterocycles. The maximum absolute atomic E-state index is 13.2. The van der Waals surface area contributed by atoms with Gasteiger partial charge in [0.25, 0.3) is 11.5 Å². The third-order valence-electron chi connectivity index (χ3n) is 6.01. The lowest BCUT2D eigenvalue weighted by Crippen LogP contribution is -2.37. The lowest BCUT2D eigenvalue weighted by atomic mass is 10.1. The fourth-order valence-electron chi connectivity index (χ4n) is 3.78. The topological polar surface area (TPSA) is 143 Å². The van der Waals surface area contributed by atoms with Crippen LogP contribution in [0.1, 0.15) is 30.7 Å².